The SMILES string of the molecule is C=C(C)C(=O)OCCOCCC[SiH](C)O[Si](C)(C)O[Si](C)(C)C.C=CCC(=O)O. The van der Waals surface area contributed by atoms with E-state index in [1.54, 1.807) is 6.92 Å². The lowest BCUT2D eigenvalue weighted by Gasteiger charge is -2.33. The molecule has 0 heterocycles. The molecule has 7 nitrogen and oxygen atoms in total. The van der Waals surface area contributed by atoms with Gasteiger partial charge in [0.1, 0.15) is 6.61 Å². The largest absolute Gasteiger partial charge is 0.481 e. The molecule has 1 atom stereocenters. The lowest BCUT2D eigenvalue weighted by atomic mass is 10.4. The van der Waals surface area contributed by atoms with E-state index in [4.69, 9.17) is 22.8 Å². The second-order valence-corrected chi connectivity index (χ2v) is 19.1. The van der Waals surface area contributed by atoms with Gasteiger partial charge in [0.15, 0.2) is 17.4 Å². The van der Waals surface area contributed by atoms with Gasteiger partial charge < -0.3 is 22.8 Å². The Labute approximate surface area is 180 Å². The van der Waals surface area contributed by atoms with Gasteiger partial charge >= 0.3 is 20.5 Å². The molecule has 0 fully saturated rings. The Bertz CT molecular complexity index is 516. The van der Waals surface area contributed by atoms with Crippen LogP contribution in [0.3, 0.4) is 0 Å². The minimum absolute atomic E-state index is 0.0556. The first-order valence-electron chi connectivity index (χ1n) is 9.81. The molecule has 10 heteroatoms. The summed E-state index contributed by atoms with van der Waals surface area (Å²) in [5.41, 5.74) is 0.411. The van der Waals surface area contributed by atoms with Crippen molar-refractivity contribution in [3.63, 3.8) is 0 Å². The molecule has 170 valence electrons. The Morgan fingerprint density at radius 2 is 1.69 bits per heavy atom. The number of hydrogen-bond acceptors (Lipinski definition) is 6. The number of carboxylic acid groups (broad SMARTS) is 1. The minimum Gasteiger partial charge on any atom is -0.481 e. The summed E-state index contributed by atoms with van der Waals surface area (Å²) in [7, 11) is -4.76. The maximum Gasteiger partial charge on any atom is 0.333 e. The third kappa shape index (κ3) is 23.1. The highest BCUT2D eigenvalue weighted by atomic mass is 28.5. The Morgan fingerprint density at radius 1 is 1.10 bits per heavy atom. The first-order chi connectivity index (χ1) is 13.2. The van der Waals surface area contributed by atoms with Crippen LogP contribution in [0, 0.1) is 0 Å². The number of rotatable bonds is 14. The van der Waals surface area contributed by atoms with E-state index in [2.05, 4.69) is 52.4 Å². The van der Waals surface area contributed by atoms with E-state index in [1.165, 1.54) is 6.08 Å². The van der Waals surface area contributed by atoms with Gasteiger partial charge in [-0.3, -0.25) is 4.79 Å². The smallest absolute Gasteiger partial charge is 0.333 e. The van der Waals surface area contributed by atoms with Crippen LogP contribution in [0.15, 0.2) is 24.8 Å². The number of aliphatic carboxylic acids is 1. The van der Waals surface area contributed by atoms with Crippen molar-refractivity contribution in [3.8, 4) is 0 Å². The molecular weight excluding hydrogens is 424 g/mol. The molecule has 0 aliphatic carbocycles. The molecule has 0 amide bonds. The van der Waals surface area contributed by atoms with E-state index in [9.17, 15) is 9.59 Å². The van der Waals surface area contributed by atoms with Crippen molar-refractivity contribution in [1.29, 1.82) is 0 Å². The Morgan fingerprint density at radius 3 is 2.10 bits per heavy atom. The highest BCUT2D eigenvalue weighted by Crippen LogP contribution is 2.17. The molecule has 1 N–H and O–H groups in total. The highest BCUT2D eigenvalue weighted by molar-refractivity contribution is 6.84. The van der Waals surface area contributed by atoms with Gasteiger partial charge in [0.2, 0.25) is 0 Å². The van der Waals surface area contributed by atoms with Crippen molar-refractivity contribution in [2.24, 2.45) is 0 Å². The standard InChI is InChI=1S/C15H34O5Si3.C4H6O2/c1-14(2)15(16)18-12-11-17-10-9-13-21(3)19-23(7,8)20-22(4,5)6;1-2-3-4(5)6/h21H,1,9-13H2,2-8H3;2H,1,3H2,(H,5,6). The van der Waals surface area contributed by atoms with Crippen molar-refractivity contribution >= 4 is 37.9 Å². The number of carbonyl (C=O) groups is 2. The van der Waals surface area contributed by atoms with E-state index in [0.29, 0.717) is 18.8 Å². The minimum atomic E-state index is -1.99. The summed E-state index contributed by atoms with van der Waals surface area (Å²) in [6.07, 6.45) is 2.38. The number of esters is 1. The average molecular weight is 465 g/mol. The number of carbonyl (C=O) groups excluding carboxylic acids is 1. The van der Waals surface area contributed by atoms with E-state index < -0.39 is 31.9 Å². The van der Waals surface area contributed by atoms with Gasteiger partial charge in [0, 0.05) is 12.2 Å². The average Bonchev–Trinajstić information content (AvgIpc) is 2.51. The predicted octanol–water partition coefficient (Wildman–Crippen LogP) is 4.08. The summed E-state index contributed by atoms with van der Waals surface area (Å²) in [5, 5.41) is 7.84. The second kappa shape index (κ2) is 15.7. The molecule has 0 saturated heterocycles. The predicted molar refractivity (Wildman–Crippen MR) is 124 cm³/mol. The molecule has 0 spiro atoms. The number of ether oxygens (including phenoxy) is 2. The van der Waals surface area contributed by atoms with E-state index in [-0.39, 0.29) is 19.0 Å². The van der Waals surface area contributed by atoms with Crippen molar-refractivity contribution in [1.82, 2.24) is 0 Å². The van der Waals surface area contributed by atoms with Crippen LogP contribution >= 0.6 is 0 Å². The normalized spacial score (nSPS) is 12.4. The van der Waals surface area contributed by atoms with Gasteiger partial charge in [0.25, 0.3) is 0 Å². The van der Waals surface area contributed by atoms with Gasteiger partial charge in [-0.2, -0.15) is 0 Å². The number of hydrogen-bond donors (Lipinski definition) is 1. The van der Waals surface area contributed by atoms with E-state index >= 15 is 0 Å². The van der Waals surface area contributed by atoms with Gasteiger partial charge in [-0.1, -0.05) is 12.7 Å². The summed E-state index contributed by atoms with van der Waals surface area (Å²) in [4.78, 5) is 20.7. The van der Waals surface area contributed by atoms with Crippen molar-refractivity contribution in [3.05, 3.63) is 24.8 Å². The zero-order valence-electron chi connectivity index (χ0n) is 19.2. The van der Waals surface area contributed by atoms with Crippen LogP contribution < -0.4 is 0 Å². The molecule has 0 radical (unpaired) electrons. The summed E-state index contributed by atoms with van der Waals surface area (Å²) < 4.78 is 22.9. The number of carboxylic acids is 1. The molecule has 0 bridgehead atoms. The monoisotopic (exact) mass is 464 g/mol. The fourth-order valence-electron chi connectivity index (χ4n) is 2.32. The molecule has 0 aliphatic heterocycles. The molecule has 0 rings (SSSR count). The molecule has 0 saturated carbocycles. The summed E-state index contributed by atoms with van der Waals surface area (Å²) in [6.45, 7) is 22.8. The van der Waals surface area contributed by atoms with Crippen LogP contribution in [0.4, 0.5) is 0 Å². The fraction of sp³-hybridized carbons (Fsp3) is 0.684. The molecule has 29 heavy (non-hydrogen) atoms. The summed E-state index contributed by atoms with van der Waals surface area (Å²) >= 11 is 0. The highest BCUT2D eigenvalue weighted by Gasteiger charge is 2.32. The Kier molecular flexibility index (Phi) is 16.4. The lowest BCUT2D eigenvalue weighted by Crippen LogP contribution is -2.47. The Balaban J connectivity index is 0. The van der Waals surface area contributed by atoms with Crippen LogP contribution in [0.1, 0.15) is 19.8 Å². The molecule has 0 aromatic rings. The van der Waals surface area contributed by atoms with Crippen LogP contribution in [0.2, 0.25) is 45.3 Å². The molecule has 0 aliphatic rings. The molecular formula is C19H40O7Si3. The first-order valence-corrected chi connectivity index (χ1v) is 18.5. The van der Waals surface area contributed by atoms with Gasteiger partial charge in [-0.25, -0.2) is 4.79 Å². The zero-order chi connectivity index (χ0) is 23.1. The van der Waals surface area contributed by atoms with Crippen molar-refractivity contribution in [2.45, 2.75) is 65.1 Å². The second-order valence-electron chi connectivity index (χ2n) is 8.10. The van der Waals surface area contributed by atoms with Crippen molar-refractivity contribution in [2.75, 3.05) is 19.8 Å². The molecule has 0 aromatic carbocycles. The molecule has 0 aromatic heterocycles. The van der Waals surface area contributed by atoms with Gasteiger partial charge in [0.05, 0.1) is 13.0 Å². The summed E-state index contributed by atoms with van der Waals surface area (Å²) in [6, 6.07) is 1.07. The summed E-state index contributed by atoms with van der Waals surface area (Å²) in [5.74, 6) is -1.19. The van der Waals surface area contributed by atoms with Gasteiger partial charge in [-0.05, 0) is 58.7 Å². The van der Waals surface area contributed by atoms with Crippen LogP contribution in [0.5, 0.6) is 0 Å². The topological polar surface area (TPSA) is 91.3 Å². The zero-order valence-corrected chi connectivity index (χ0v) is 22.4. The molecule has 1 unspecified atom stereocenters. The maximum atomic E-state index is 11.2. The fourth-order valence-corrected chi connectivity index (χ4v) is 13.9. The third-order valence-corrected chi connectivity index (χ3v) is 12.6. The van der Waals surface area contributed by atoms with Crippen LogP contribution in [0.25, 0.3) is 0 Å². The maximum absolute atomic E-state index is 11.2. The van der Waals surface area contributed by atoms with Gasteiger partial charge in [-0.15, -0.1) is 6.58 Å². The first kappa shape index (κ1) is 30.1. The van der Waals surface area contributed by atoms with Crippen LogP contribution in [-0.4, -0.2) is 62.8 Å². The third-order valence-electron chi connectivity index (χ3n) is 3.06. The van der Waals surface area contributed by atoms with Crippen molar-refractivity contribution < 1.29 is 32.4 Å². The van der Waals surface area contributed by atoms with Crippen LogP contribution in [-0.2, 0) is 27.3 Å². The van der Waals surface area contributed by atoms with E-state index in [1.807, 2.05) is 0 Å². The van der Waals surface area contributed by atoms with E-state index in [0.717, 1.165) is 12.5 Å². The quantitative estimate of drug-likeness (QED) is 0.136. The Hall–Kier alpha value is -1.05. The lowest BCUT2D eigenvalue weighted by molar-refractivity contribution is -0.140.